The van der Waals surface area contributed by atoms with Crippen molar-refractivity contribution >= 4 is 28.8 Å². The van der Waals surface area contributed by atoms with Gasteiger partial charge >= 0.3 is 0 Å². The molecule has 2 aromatic rings. The van der Waals surface area contributed by atoms with Crippen LogP contribution in [0.25, 0.3) is 0 Å². The van der Waals surface area contributed by atoms with Gasteiger partial charge in [0.25, 0.3) is 5.69 Å². The van der Waals surface area contributed by atoms with Crippen molar-refractivity contribution in [1.82, 2.24) is 4.90 Å². The van der Waals surface area contributed by atoms with Crippen molar-refractivity contribution in [2.45, 2.75) is 9.79 Å². The maximum Gasteiger partial charge on any atom is 0.292 e. The Morgan fingerprint density at radius 1 is 1.04 bits per heavy atom. The molecular weight excluding hydrogens is 324 g/mol. The fourth-order valence-electron chi connectivity index (χ4n) is 2.69. The van der Waals surface area contributed by atoms with E-state index in [0.717, 1.165) is 36.0 Å². The zero-order valence-corrected chi connectivity index (χ0v) is 14.3. The first-order chi connectivity index (χ1) is 11.5. The molecule has 24 heavy (non-hydrogen) atoms. The number of rotatable bonds is 4. The van der Waals surface area contributed by atoms with Gasteiger partial charge in [-0.05, 0) is 43.4 Å². The summed E-state index contributed by atoms with van der Waals surface area (Å²) in [7, 11) is 2.15. The van der Waals surface area contributed by atoms with Gasteiger partial charge in [0.15, 0.2) is 0 Å². The number of hydrogen-bond acceptors (Lipinski definition) is 6. The van der Waals surface area contributed by atoms with E-state index in [9.17, 15) is 10.1 Å². The number of nitrogens with zero attached hydrogens (tertiary/aromatic N) is 3. The maximum atomic E-state index is 10.8. The monoisotopic (exact) mass is 344 g/mol. The zero-order chi connectivity index (χ0) is 17.1. The molecule has 1 saturated heterocycles. The van der Waals surface area contributed by atoms with Crippen LogP contribution in [-0.2, 0) is 0 Å². The van der Waals surface area contributed by atoms with E-state index in [-0.39, 0.29) is 11.4 Å². The Bertz CT molecular complexity index is 728. The number of nitro benzene ring substituents is 1. The van der Waals surface area contributed by atoms with Gasteiger partial charge in [0, 0.05) is 47.7 Å². The summed E-state index contributed by atoms with van der Waals surface area (Å²) in [6.45, 7) is 4.25. The molecule has 0 aliphatic carbocycles. The summed E-state index contributed by atoms with van der Waals surface area (Å²) in [5.74, 6) is 0. The lowest BCUT2D eigenvalue weighted by molar-refractivity contribution is -0.383. The zero-order valence-electron chi connectivity index (χ0n) is 13.5. The van der Waals surface area contributed by atoms with E-state index < -0.39 is 4.92 Å². The molecule has 6 nitrogen and oxygen atoms in total. The fourth-order valence-corrected chi connectivity index (χ4v) is 3.55. The lowest BCUT2D eigenvalue weighted by Gasteiger charge is -2.34. The number of nitrogens with two attached hydrogens (primary N) is 1. The van der Waals surface area contributed by atoms with Gasteiger partial charge in [-0.3, -0.25) is 10.1 Å². The van der Waals surface area contributed by atoms with Gasteiger partial charge in [0.2, 0.25) is 0 Å². The predicted octanol–water partition coefficient (Wildman–Crippen LogP) is 3.08. The molecule has 0 saturated carbocycles. The van der Waals surface area contributed by atoms with Crippen LogP contribution in [0.3, 0.4) is 0 Å². The standard InChI is InChI=1S/C17H20N4O2S/c1-19-8-10-20(11-9-19)13-2-4-14(5-3-13)24-15-6-7-17(21(22)23)16(18)12-15/h2-7,12H,8-11,18H2,1H3. The number of benzene rings is 2. The second kappa shape index (κ2) is 7.11. The van der Waals surface area contributed by atoms with Crippen LogP contribution in [0, 0.1) is 10.1 Å². The first-order valence-corrected chi connectivity index (χ1v) is 8.60. The Hall–Kier alpha value is -2.25. The van der Waals surface area contributed by atoms with Gasteiger partial charge in [-0.1, -0.05) is 11.8 Å². The molecule has 0 bridgehead atoms. The number of piperazine rings is 1. The van der Waals surface area contributed by atoms with E-state index in [0.29, 0.717) is 0 Å². The number of likely N-dealkylation sites (N-methyl/N-ethyl adjacent to an activating group) is 1. The summed E-state index contributed by atoms with van der Waals surface area (Å²) in [4.78, 5) is 17.0. The molecule has 1 aliphatic rings. The summed E-state index contributed by atoms with van der Waals surface area (Å²) in [5.41, 5.74) is 7.12. The van der Waals surface area contributed by atoms with E-state index in [4.69, 9.17) is 5.73 Å². The van der Waals surface area contributed by atoms with Gasteiger partial charge < -0.3 is 15.5 Å². The number of nitro groups is 1. The van der Waals surface area contributed by atoms with Gasteiger partial charge in [-0.25, -0.2) is 0 Å². The van der Waals surface area contributed by atoms with E-state index >= 15 is 0 Å². The SMILES string of the molecule is CN1CCN(c2ccc(Sc3ccc([N+](=O)[O-])c(N)c3)cc2)CC1. The molecular formula is C17H20N4O2S. The number of nitrogen functional groups attached to an aromatic ring is 1. The first-order valence-electron chi connectivity index (χ1n) is 7.78. The fraction of sp³-hybridized carbons (Fsp3) is 0.294. The molecule has 1 aliphatic heterocycles. The van der Waals surface area contributed by atoms with Crippen molar-refractivity contribution in [2.75, 3.05) is 43.9 Å². The molecule has 0 spiro atoms. The van der Waals surface area contributed by atoms with Crippen LogP contribution in [0.2, 0.25) is 0 Å². The molecule has 7 heteroatoms. The largest absolute Gasteiger partial charge is 0.393 e. The van der Waals surface area contributed by atoms with Crippen LogP contribution in [0.1, 0.15) is 0 Å². The molecule has 0 radical (unpaired) electrons. The van der Waals surface area contributed by atoms with Gasteiger partial charge in [-0.2, -0.15) is 0 Å². The summed E-state index contributed by atoms with van der Waals surface area (Å²) in [5, 5.41) is 10.8. The van der Waals surface area contributed by atoms with E-state index in [1.54, 1.807) is 23.9 Å². The third kappa shape index (κ3) is 3.80. The van der Waals surface area contributed by atoms with Crippen molar-refractivity contribution in [3.05, 3.63) is 52.6 Å². The van der Waals surface area contributed by atoms with E-state index in [2.05, 4.69) is 41.1 Å². The molecule has 0 amide bonds. The van der Waals surface area contributed by atoms with Crippen molar-refractivity contribution in [3.8, 4) is 0 Å². The predicted molar refractivity (Wildman–Crippen MR) is 97.8 cm³/mol. The van der Waals surface area contributed by atoms with Crippen LogP contribution in [0.15, 0.2) is 52.3 Å². The topological polar surface area (TPSA) is 75.6 Å². The first kappa shape index (κ1) is 16.6. The lowest BCUT2D eigenvalue weighted by Crippen LogP contribution is -2.44. The average Bonchev–Trinajstić information content (AvgIpc) is 2.56. The van der Waals surface area contributed by atoms with Crippen LogP contribution in [0.4, 0.5) is 17.1 Å². The third-order valence-corrected chi connectivity index (χ3v) is 5.13. The van der Waals surface area contributed by atoms with E-state index in [1.165, 1.54) is 11.8 Å². The molecule has 2 N–H and O–H groups in total. The Morgan fingerprint density at radius 2 is 1.67 bits per heavy atom. The van der Waals surface area contributed by atoms with Crippen molar-refractivity contribution in [3.63, 3.8) is 0 Å². The highest BCUT2D eigenvalue weighted by Gasteiger charge is 2.14. The van der Waals surface area contributed by atoms with Crippen LogP contribution < -0.4 is 10.6 Å². The molecule has 3 rings (SSSR count). The van der Waals surface area contributed by atoms with Crippen LogP contribution >= 0.6 is 11.8 Å². The Kier molecular flexibility index (Phi) is 4.92. The molecule has 126 valence electrons. The molecule has 0 unspecified atom stereocenters. The van der Waals surface area contributed by atoms with Crippen molar-refractivity contribution in [2.24, 2.45) is 0 Å². The Balaban J connectivity index is 1.68. The lowest BCUT2D eigenvalue weighted by atomic mass is 10.2. The van der Waals surface area contributed by atoms with E-state index in [1.807, 2.05) is 0 Å². The van der Waals surface area contributed by atoms with Gasteiger partial charge in [0.1, 0.15) is 5.69 Å². The van der Waals surface area contributed by atoms with Crippen molar-refractivity contribution in [1.29, 1.82) is 0 Å². The molecule has 0 aromatic heterocycles. The summed E-state index contributed by atoms with van der Waals surface area (Å²) < 4.78 is 0. The second-order valence-electron chi connectivity index (χ2n) is 5.86. The molecule has 0 atom stereocenters. The Morgan fingerprint density at radius 3 is 2.25 bits per heavy atom. The summed E-state index contributed by atoms with van der Waals surface area (Å²) in [6.07, 6.45) is 0. The molecule has 1 heterocycles. The highest BCUT2D eigenvalue weighted by atomic mass is 32.2. The minimum Gasteiger partial charge on any atom is -0.393 e. The quantitative estimate of drug-likeness (QED) is 0.522. The average molecular weight is 344 g/mol. The highest BCUT2D eigenvalue weighted by Crippen LogP contribution is 2.33. The second-order valence-corrected chi connectivity index (χ2v) is 7.01. The summed E-state index contributed by atoms with van der Waals surface area (Å²) in [6, 6.07) is 13.2. The Labute approximate surface area is 145 Å². The number of anilines is 2. The summed E-state index contributed by atoms with van der Waals surface area (Å²) >= 11 is 1.55. The minimum absolute atomic E-state index is 0.0511. The van der Waals surface area contributed by atoms with Gasteiger partial charge in [-0.15, -0.1) is 0 Å². The van der Waals surface area contributed by atoms with Crippen LogP contribution in [0.5, 0.6) is 0 Å². The molecule has 1 fully saturated rings. The smallest absolute Gasteiger partial charge is 0.292 e. The normalized spacial score (nSPS) is 15.5. The third-order valence-electron chi connectivity index (χ3n) is 4.14. The van der Waals surface area contributed by atoms with Crippen LogP contribution in [-0.4, -0.2) is 43.0 Å². The van der Waals surface area contributed by atoms with Gasteiger partial charge in [0.05, 0.1) is 4.92 Å². The maximum absolute atomic E-state index is 10.8. The number of hydrogen-bond donors (Lipinski definition) is 1. The highest BCUT2D eigenvalue weighted by molar-refractivity contribution is 7.99. The molecule has 2 aromatic carbocycles. The minimum atomic E-state index is -0.464. The van der Waals surface area contributed by atoms with Crippen molar-refractivity contribution < 1.29 is 4.92 Å².